The SMILES string of the molecule is NC(=NO)c1ccc(OCc2cccc(F)c2F)c(Cl)c1. The van der Waals surface area contributed by atoms with Crippen LogP contribution in [-0.2, 0) is 6.61 Å². The molecular weight excluding hydrogens is 302 g/mol. The lowest BCUT2D eigenvalue weighted by atomic mass is 10.2. The molecule has 2 rings (SSSR count). The van der Waals surface area contributed by atoms with Crippen LogP contribution in [0.2, 0.25) is 5.02 Å². The summed E-state index contributed by atoms with van der Waals surface area (Å²) < 4.78 is 31.9. The molecule has 0 bridgehead atoms. The van der Waals surface area contributed by atoms with E-state index in [0.717, 1.165) is 6.07 Å². The first-order valence-corrected chi connectivity index (χ1v) is 6.24. The van der Waals surface area contributed by atoms with Gasteiger partial charge in [-0.1, -0.05) is 28.9 Å². The fourth-order valence-electron chi connectivity index (χ4n) is 1.65. The third-order valence-corrected chi connectivity index (χ3v) is 3.05. The number of nitrogens with zero attached hydrogens (tertiary/aromatic N) is 1. The van der Waals surface area contributed by atoms with Gasteiger partial charge in [-0.2, -0.15) is 0 Å². The first-order chi connectivity index (χ1) is 10.0. The second-order valence-electron chi connectivity index (χ2n) is 4.13. The number of amidine groups is 1. The van der Waals surface area contributed by atoms with Gasteiger partial charge in [-0.3, -0.25) is 0 Å². The van der Waals surface area contributed by atoms with E-state index in [1.54, 1.807) is 0 Å². The Balaban J connectivity index is 2.15. The normalized spacial score (nSPS) is 11.5. The number of halogens is 3. The van der Waals surface area contributed by atoms with Crippen molar-refractivity contribution in [2.75, 3.05) is 0 Å². The van der Waals surface area contributed by atoms with E-state index >= 15 is 0 Å². The molecule has 0 aliphatic heterocycles. The summed E-state index contributed by atoms with van der Waals surface area (Å²) in [4.78, 5) is 0. The molecule has 0 heterocycles. The molecule has 0 saturated carbocycles. The van der Waals surface area contributed by atoms with Crippen LogP contribution in [-0.4, -0.2) is 11.0 Å². The smallest absolute Gasteiger partial charge is 0.170 e. The third-order valence-electron chi connectivity index (χ3n) is 2.75. The molecule has 0 aliphatic rings. The predicted molar refractivity (Wildman–Crippen MR) is 74.7 cm³/mol. The largest absolute Gasteiger partial charge is 0.487 e. The molecule has 4 nitrogen and oxygen atoms in total. The summed E-state index contributed by atoms with van der Waals surface area (Å²) in [5, 5.41) is 11.6. The van der Waals surface area contributed by atoms with Crippen LogP contribution in [0.5, 0.6) is 5.75 Å². The van der Waals surface area contributed by atoms with Crippen LogP contribution in [0, 0.1) is 11.6 Å². The molecule has 0 fully saturated rings. The molecule has 0 amide bonds. The zero-order valence-corrected chi connectivity index (χ0v) is 11.4. The van der Waals surface area contributed by atoms with Gasteiger partial charge in [0.2, 0.25) is 0 Å². The maximum Gasteiger partial charge on any atom is 0.170 e. The van der Waals surface area contributed by atoms with Gasteiger partial charge in [0.15, 0.2) is 17.5 Å². The van der Waals surface area contributed by atoms with Crippen molar-refractivity contribution in [3.63, 3.8) is 0 Å². The zero-order valence-electron chi connectivity index (χ0n) is 10.7. The van der Waals surface area contributed by atoms with Crippen LogP contribution in [0.3, 0.4) is 0 Å². The standard InChI is InChI=1S/C14H11ClF2N2O2/c15-10-6-8(14(18)19-20)4-5-12(10)21-7-9-2-1-3-11(16)13(9)17/h1-6,20H,7H2,(H2,18,19). The maximum atomic E-state index is 13.5. The van der Waals surface area contributed by atoms with Crippen molar-refractivity contribution in [3.05, 3.63) is 64.2 Å². The van der Waals surface area contributed by atoms with E-state index in [1.165, 1.54) is 30.3 Å². The Morgan fingerprint density at radius 2 is 2.05 bits per heavy atom. The molecular formula is C14H11ClF2N2O2. The van der Waals surface area contributed by atoms with Gasteiger partial charge in [-0.05, 0) is 24.3 Å². The molecule has 110 valence electrons. The van der Waals surface area contributed by atoms with Crippen LogP contribution in [0.4, 0.5) is 8.78 Å². The second kappa shape index (κ2) is 6.41. The quantitative estimate of drug-likeness (QED) is 0.394. The van der Waals surface area contributed by atoms with Crippen molar-refractivity contribution < 1.29 is 18.7 Å². The maximum absolute atomic E-state index is 13.5. The molecule has 21 heavy (non-hydrogen) atoms. The van der Waals surface area contributed by atoms with Crippen molar-refractivity contribution in [1.29, 1.82) is 0 Å². The Morgan fingerprint density at radius 3 is 2.71 bits per heavy atom. The van der Waals surface area contributed by atoms with Gasteiger partial charge < -0.3 is 15.7 Å². The van der Waals surface area contributed by atoms with Crippen molar-refractivity contribution in [3.8, 4) is 5.75 Å². The highest BCUT2D eigenvalue weighted by Gasteiger charge is 2.10. The lowest BCUT2D eigenvalue weighted by Crippen LogP contribution is -2.13. The molecule has 2 aromatic rings. The summed E-state index contributed by atoms with van der Waals surface area (Å²) in [6.07, 6.45) is 0. The summed E-state index contributed by atoms with van der Waals surface area (Å²) in [5.74, 6) is -1.72. The Hall–Kier alpha value is -2.34. The monoisotopic (exact) mass is 312 g/mol. The molecule has 2 aromatic carbocycles. The number of benzene rings is 2. The number of nitrogens with two attached hydrogens (primary N) is 1. The third kappa shape index (κ3) is 3.41. The van der Waals surface area contributed by atoms with Crippen molar-refractivity contribution in [1.82, 2.24) is 0 Å². The van der Waals surface area contributed by atoms with Crippen LogP contribution in [0.15, 0.2) is 41.6 Å². The number of oxime groups is 1. The molecule has 7 heteroatoms. The van der Waals surface area contributed by atoms with Crippen LogP contribution >= 0.6 is 11.6 Å². The van der Waals surface area contributed by atoms with Crippen molar-refractivity contribution in [2.24, 2.45) is 10.9 Å². The van der Waals surface area contributed by atoms with E-state index in [-0.39, 0.29) is 28.8 Å². The first-order valence-electron chi connectivity index (χ1n) is 5.86. The molecule has 0 saturated heterocycles. The van der Waals surface area contributed by atoms with E-state index in [0.29, 0.717) is 5.56 Å². The molecule has 0 unspecified atom stereocenters. The molecule has 3 N–H and O–H groups in total. The van der Waals surface area contributed by atoms with Crippen LogP contribution in [0.25, 0.3) is 0 Å². The van der Waals surface area contributed by atoms with E-state index < -0.39 is 11.6 Å². The lowest BCUT2D eigenvalue weighted by Gasteiger charge is -2.10. The van der Waals surface area contributed by atoms with E-state index in [2.05, 4.69) is 5.16 Å². The fourth-order valence-corrected chi connectivity index (χ4v) is 1.89. The molecule has 0 atom stereocenters. The summed E-state index contributed by atoms with van der Waals surface area (Å²) >= 11 is 5.98. The minimum Gasteiger partial charge on any atom is -0.487 e. The van der Waals surface area contributed by atoms with Crippen LogP contribution in [0.1, 0.15) is 11.1 Å². The van der Waals surface area contributed by atoms with Gasteiger partial charge in [0.05, 0.1) is 5.02 Å². The molecule has 0 radical (unpaired) electrons. The average Bonchev–Trinajstić information content (AvgIpc) is 2.49. The fraction of sp³-hybridized carbons (Fsp3) is 0.0714. The van der Waals surface area contributed by atoms with Gasteiger partial charge in [-0.25, -0.2) is 8.78 Å². The summed E-state index contributed by atoms with van der Waals surface area (Å²) in [6, 6.07) is 8.29. The second-order valence-corrected chi connectivity index (χ2v) is 4.54. The van der Waals surface area contributed by atoms with E-state index in [4.69, 9.17) is 27.3 Å². The Morgan fingerprint density at radius 1 is 1.29 bits per heavy atom. The predicted octanol–water partition coefficient (Wildman–Crippen LogP) is 3.29. The summed E-state index contributed by atoms with van der Waals surface area (Å²) in [7, 11) is 0. The van der Waals surface area contributed by atoms with Gasteiger partial charge in [0, 0.05) is 11.1 Å². The Labute approximate surface area is 124 Å². The van der Waals surface area contributed by atoms with Crippen molar-refractivity contribution >= 4 is 17.4 Å². The van der Waals surface area contributed by atoms with E-state index in [9.17, 15) is 8.78 Å². The Bertz CT molecular complexity index is 693. The molecule has 0 aliphatic carbocycles. The minimum atomic E-state index is -0.957. The Kier molecular flexibility index (Phi) is 4.59. The zero-order chi connectivity index (χ0) is 15.4. The van der Waals surface area contributed by atoms with Gasteiger partial charge >= 0.3 is 0 Å². The summed E-state index contributed by atoms with van der Waals surface area (Å²) in [5.41, 5.74) is 5.91. The van der Waals surface area contributed by atoms with Gasteiger partial charge in [0.25, 0.3) is 0 Å². The highest BCUT2D eigenvalue weighted by molar-refractivity contribution is 6.32. The summed E-state index contributed by atoms with van der Waals surface area (Å²) in [6.45, 7) is -0.174. The first kappa shape index (κ1) is 15.1. The van der Waals surface area contributed by atoms with Crippen LogP contribution < -0.4 is 10.5 Å². The van der Waals surface area contributed by atoms with Gasteiger partial charge in [0.1, 0.15) is 12.4 Å². The highest BCUT2D eigenvalue weighted by Crippen LogP contribution is 2.26. The number of ether oxygens (including phenoxy) is 1. The number of hydrogen-bond donors (Lipinski definition) is 2. The van der Waals surface area contributed by atoms with Crippen molar-refractivity contribution in [2.45, 2.75) is 6.61 Å². The molecule has 0 aromatic heterocycles. The number of rotatable bonds is 4. The highest BCUT2D eigenvalue weighted by atomic mass is 35.5. The van der Waals surface area contributed by atoms with E-state index in [1.807, 2.05) is 0 Å². The number of hydrogen-bond acceptors (Lipinski definition) is 3. The van der Waals surface area contributed by atoms with Gasteiger partial charge in [-0.15, -0.1) is 0 Å². The lowest BCUT2D eigenvalue weighted by molar-refractivity contribution is 0.297. The molecule has 0 spiro atoms. The average molecular weight is 313 g/mol. The minimum absolute atomic E-state index is 0.0755. The topological polar surface area (TPSA) is 67.8 Å².